The lowest BCUT2D eigenvalue weighted by atomic mass is 10.0. The highest BCUT2D eigenvalue weighted by Crippen LogP contribution is 2.21. The molecule has 0 aliphatic rings. The predicted octanol–water partition coefficient (Wildman–Crippen LogP) is 5.38. The third-order valence-electron chi connectivity index (χ3n) is 3.85. The van der Waals surface area contributed by atoms with Crippen LogP contribution in [0.15, 0.2) is 59.2 Å². The van der Waals surface area contributed by atoms with Gasteiger partial charge in [-0.2, -0.15) is 0 Å². The van der Waals surface area contributed by atoms with Crippen molar-refractivity contribution in [2.45, 2.75) is 25.9 Å². The van der Waals surface area contributed by atoms with E-state index >= 15 is 0 Å². The van der Waals surface area contributed by atoms with Crippen LogP contribution in [-0.2, 0) is 6.54 Å². The summed E-state index contributed by atoms with van der Waals surface area (Å²) in [5, 5.41) is 4.20. The molecule has 0 radical (unpaired) electrons. The van der Waals surface area contributed by atoms with E-state index in [-0.39, 0.29) is 11.9 Å². The second-order valence-corrected chi connectivity index (χ2v) is 5.98. The molecule has 1 N–H and O–H groups in total. The first-order valence-corrected chi connectivity index (χ1v) is 8.22. The highest BCUT2D eigenvalue weighted by molar-refractivity contribution is 6.30. The quantitative estimate of drug-likeness (QED) is 0.652. The van der Waals surface area contributed by atoms with Crippen LogP contribution in [0.3, 0.4) is 0 Å². The van der Waals surface area contributed by atoms with Crippen molar-refractivity contribution >= 4 is 11.6 Å². The van der Waals surface area contributed by atoms with Gasteiger partial charge in [-0.15, -0.1) is 0 Å². The SMILES string of the molecule is CCC(NCc1coc(-c2ccc(F)cc2)n1)c1ccc(Cl)cc1. The highest BCUT2D eigenvalue weighted by Gasteiger charge is 2.11. The fraction of sp³-hybridized carbons (Fsp3) is 0.211. The molecular weight excluding hydrogens is 327 g/mol. The predicted molar refractivity (Wildman–Crippen MR) is 93.2 cm³/mol. The number of halogens is 2. The average molecular weight is 345 g/mol. The molecule has 0 aliphatic heterocycles. The van der Waals surface area contributed by atoms with Crippen molar-refractivity contribution in [3.63, 3.8) is 0 Å². The zero-order valence-corrected chi connectivity index (χ0v) is 14.1. The van der Waals surface area contributed by atoms with Gasteiger partial charge in [-0.25, -0.2) is 9.37 Å². The monoisotopic (exact) mass is 344 g/mol. The van der Waals surface area contributed by atoms with Gasteiger partial charge >= 0.3 is 0 Å². The van der Waals surface area contributed by atoms with Gasteiger partial charge in [0.25, 0.3) is 0 Å². The normalized spacial score (nSPS) is 12.3. The topological polar surface area (TPSA) is 38.1 Å². The molecule has 0 saturated heterocycles. The molecule has 1 unspecified atom stereocenters. The molecule has 3 rings (SSSR count). The summed E-state index contributed by atoms with van der Waals surface area (Å²) in [6.07, 6.45) is 2.57. The summed E-state index contributed by atoms with van der Waals surface area (Å²) in [7, 11) is 0. The lowest BCUT2D eigenvalue weighted by Gasteiger charge is -2.16. The fourth-order valence-corrected chi connectivity index (χ4v) is 2.66. The van der Waals surface area contributed by atoms with Crippen molar-refractivity contribution < 1.29 is 8.81 Å². The van der Waals surface area contributed by atoms with Crippen molar-refractivity contribution in [3.05, 3.63) is 76.9 Å². The molecule has 0 fully saturated rings. The Morgan fingerprint density at radius 3 is 2.50 bits per heavy atom. The van der Waals surface area contributed by atoms with Crippen LogP contribution in [0.1, 0.15) is 30.6 Å². The van der Waals surface area contributed by atoms with Crippen LogP contribution >= 0.6 is 11.6 Å². The number of rotatable bonds is 6. The van der Waals surface area contributed by atoms with Gasteiger partial charge in [0.05, 0.1) is 5.69 Å². The molecule has 124 valence electrons. The molecule has 1 aromatic heterocycles. The first-order chi connectivity index (χ1) is 11.7. The lowest BCUT2D eigenvalue weighted by Crippen LogP contribution is -2.20. The fourth-order valence-electron chi connectivity index (χ4n) is 2.53. The number of oxazole rings is 1. The zero-order valence-electron chi connectivity index (χ0n) is 13.3. The van der Waals surface area contributed by atoms with Crippen molar-refractivity contribution in [1.82, 2.24) is 10.3 Å². The van der Waals surface area contributed by atoms with E-state index in [1.54, 1.807) is 18.4 Å². The standard InChI is InChI=1S/C19H18ClFN2O/c1-2-18(13-3-7-15(20)8-4-13)22-11-17-12-24-19(23-17)14-5-9-16(21)10-6-14/h3-10,12,18,22H,2,11H2,1H3. The molecule has 0 saturated carbocycles. The van der Waals surface area contributed by atoms with E-state index in [4.69, 9.17) is 16.0 Å². The molecule has 3 nitrogen and oxygen atoms in total. The Morgan fingerprint density at radius 1 is 1.12 bits per heavy atom. The van der Waals surface area contributed by atoms with Crippen molar-refractivity contribution in [1.29, 1.82) is 0 Å². The minimum atomic E-state index is -0.277. The number of aromatic nitrogens is 1. The summed E-state index contributed by atoms with van der Waals surface area (Å²) in [5.74, 6) is 0.215. The Kier molecular flexibility index (Phi) is 5.28. The van der Waals surface area contributed by atoms with Crippen molar-refractivity contribution in [2.24, 2.45) is 0 Å². The van der Waals surface area contributed by atoms with Crippen molar-refractivity contribution in [3.8, 4) is 11.5 Å². The maximum atomic E-state index is 13.0. The van der Waals surface area contributed by atoms with Gasteiger partial charge in [-0.1, -0.05) is 30.7 Å². The van der Waals surface area contributed by atoms with Gasteiger partial charge in [0.15, 0.2) is 0 Å². The van der Waals surface area contributed by atoms with Gasteiger partial charge in [-0.05, 0) is 48.4 Å². The molecule has 0 spiro atoms. The molecule has 2 aromatic carbocycles. The Morgan fingerprint density at radius 2 is 1.83 bits per heavy atom. The molecule has 0 amide bonds. The van der Waals surface area contributed by atoms with E-state index in [1.807, 2.05) is 24.3 Å². The van der Waals surface area contributed by atoms with Crippen LogP contribution in [0.25, 0.3) is 11.5 Å². The lowest BCUT2D eigenvalue weighted by molar-refractivity contribution is 0.511. The van der Waals surface area contributed by atoms with Crippen LogP contribution in [0, 0.1) is 5.82 Å². The van der Waals surface area contributed by atoms with E-state index in [0.29, 0.717) is 12.4 Å². The smallest absolute Gasteiger partial charge is 0.226 e. The van der Waals surface area contributed by atoms with E-state index in [2.05, 4.69) is 17.2 Å². The van der Waals surface area contributed by atoms with Gasteiger partial charge in [0.1, 0.15) is 12.1 Å². The molecule has 1 heterocycles. The minimum Gasteiger partial charge on any atom is -0.444 e. The second kappa shape index (κ2) is 7.60. The summed E-state index contributed by atoms with van der Waals surface area (Å²) in [6.45, 7) is 2.71. The molecule has 24 heavy (non-hydrogen) atoms. The Hall–Kier alpha value is -2.17. The number of benzene rings is 2. The molecular formula is C19H18ClFN2O. The first kappa shape index (κ1) is 16.7. The van der Waals surface area contributed by atoms with E-state index in [0.717, 1.165) is 22.7 Å². The summed E-state index contributed by atoms with van der Waals surface area (Å²) in [4.78, 5) is 4.45. The molecule has 0 bridgehead atoms. The van der Waals surface area contributed by atoms with E-state index < -0.39 is 0 Å². The van der Waals surface area contributed by atoms with Gasteiger partial charge in [0, 0.05) is 23.2 Å². The number of hydrogen-bond donors (Lipinski definition) is 1. The Bertz CT molecular complexity index is 784. The number of nitrogens with zero attached hydrogens (tertiary/aromatic N) is 1. The summed E-state index contributed by atoms with van der Waals surface area (Å²) >= 11 is 5.94. The van der Waals surface area contributed by atoms with Crippen LogP contribution < -0.4 is 5.32 Å². The van der Waals surface area contributed by atoms with Crippen LogP contribution in [0.2, 0.25) is 5.02 Å². The largest absolute Gasteiger partial charge is 0.444 e. The van der Waals surface area contributed by atoms with E-state index in [9.17, 15) is 4.39 Å². The van der Waals surface area contributed by atoms with Crippen LogP contribution in [0.4, 0.5) is 4.39 Å². The third kappa shape index (κ3) is 4.02. The summed E-state index contributed by atoms with van der Waals surface area (Å²) in [6, 6.07) is 14.1. The Balaban J connectivity index is 1.65. The minimum absolute atomic E-state index is 0.216. The van der Waals surface area contributed by atoms with Gasteiger partial charge < -0.3 is 9.73 Å². The highest BCUT2D eigenvalue weighted by atomic mass is 35.5. The second-order valence-electron chi connectivity index (χ2n) is 5.54. The molecule has 0 aliphatic carbocycles. The zero-order chi connectivity index (χ0) is 16.9. The Labute approximate surface area is 145 Å². The van der Waals surface area contributed by atoms with Crippen molar-refractivity contribution in [2.75, 3.05) is 0 Å². The molecule has 3 aromatic rings. The summed E-state index contributed by atoms with van der Waals surface area (Å²) in [5.41, 5.74) is 2.75. The van der Waals surface area contributed by atoms with Gasteiger partial charge in [0.2, 0.25) is 5.89 Å². The average Bonchev–Trinajstić information content (AvgIpc) is 3.06. The number of nitrogens with one attached hydrogen (secondary N) is 1. The molecule has 5 heteroatoms. The summed E-state index contributed by atoms with van der Waals surface area (Å²) < 4.78 is 18.5. The number of hydrogen-bond acceptors (Lipinski definition) is 3. The van der Waals surface area contributed by atoms with Gasteiger partial charge in [-0.3, -0.25) is 0 Å². The maximum Gasteiger partial charge on any atom is 0.226 e. The third-order valence-corrected chi connectivity index (χ3v) is 4.11. The van der Waals surface area contributed by atoms with E-state index in [1.165, 1.54) is 17.7 Å². The maximum absolute atomic E-state index is 13.0. The molecule has 1 atom stereocenters. The van der Waals surface area contributed by atoms with Crippen LogP contribution in [-0.4, -0.2) is 4.98 Å². The van der Waals surface area contributed by atoms with Crippen LogP contribution in [0.5, 0.6) is 0 Å². The first-order valence-electron chi connectivity index (χ1n) is 7.85.